The Bertz CT molecular complexity index is 633. The van der Waals surface area contributed by atoms with Crippen LogP contribution in [0.4, 0.5) is 0 Å². The molecule has 2 aliphatic heterocycles. The van der Waals surface area contributed by atoms with Crippen LogP contribution in [-0.4, -0.2) is 34.6 Å². The molecule has 0 amide bonds. The lowest BCUT2D eigenvalue weighted by Gasteiger charge is -2.15. The molecule has 1 unspecified atom stereocenters. The molecule has 0 N–H and O–H groups in total. The summed E-state index contributed by atoms with van der Waals surface area (Å²) in [6, 6.07) is 8.29. The lowest BCUT2D eigenvalue weighted by atomic mass is 9.99. The molecular formula is C16H19N3O3. The molecule has 22 heavy (non-hydrogen) atoms. The molecule has 116 valence electrons. The predicted molar refractivity (Wildman–Crippen MR) is 78.6 cm³/mol. The van der Waals surface area contributed by atoms with Crippen molar-refractivity contribution in [3.63, 3.8) is 0 Å². The largest absolute Gasteiger partial charge is 0.486 e. The van der Waals surface area contributed by atoms with E-state index in [0.717, 1.165) is 43.6 Å². The molecular weight excluding hydrogens is 282 g/mol. The van der Waals surface area contributed by atoms with Gasteiger partial charge in [-0.3, -0.25) is 0 Å². The van der Waals surface area contributed by atoms with E-state index in [2.05, 4.69) is 26.9 Å². The molecule has 2 aromatic rings. The fourth-order valence-corrected chi connectivity index (χ4v) is 2.94. The van der Waals surface area contributed by atoms with Gasteiger partial charge in [0.1, 0.15) is 19.0 Å². The minimum absolute atomic E-state index is 0.429. The maximum atomic E-state index is 5.84. The van der Waals surface area contributed by atoms with Crippen LogP contribution >= 0.6 is 0 Å². The molecule has 1 fully saturated rings. The number of aromatic nitrogens is 3. The molecule has 1 aromatic carbocycles. The summed E-state index contributed by atoms with van der Waals surface area (Å²) in [7, 11) is 0. The van der Waals surface area contributed by atoms with Crippen molar-refractivity contribution in [2.45, 2.75) is 32.1 Å². The number of nitrogens with zero attached hydrogens (tertiary/aromatic N) is 3. The van der Waals surface area contributed by atoms with Gasteiger partial charge in [-0.05, 0) is 24.1 Å². The van der Waals surface area contributed by atoms with E-state index in [4.69, 9.17) is 14.2 Å². The van der Waals surface area contributed by atoms with Crippen molar-refractivity contribution in [2.24, 2.45) is 0 Å². The Hall–Kier alpha value is -1.92. The molecule has 0 aliphatic carbocycles. The highest BCUT2D eigenvalue weighted by molar-refractivity contribution is 5.30. The van der Waals surface area contributed by atoms with E-state index in [1.165, 1.54) is 5.56 Å². The van der Waals surface area contributed by atoms with Gasteiger partial charge in [0.05, 0.1) is 13.2 Å². The van der Waals surface area contributed by atoms with E-state index in [9.17, 15) is 0 Å². The fourth-order valence-electron chi connectivity index (χ4n) is 2.94. The van der Waals surface area contributed by atoms with Crippen molar-refractivity contribution in [1.29, 1.82) is 0 Å². The third kappa shape index (κ3) is 2.71. The highest BCUT2D eigenvalue weighted by Gasteiger charge is 2.18. The van der Waals surface area contributed by atoms with E-state index in [0.29, 0.717) is 25.7 Å². The van der Waals surface area contributed by atoms with Crippen LogP contribution in [0.5, 0.6) is 5.75 Å². The monoisotopic (exact) mass is 301 g/mol. The third-order valence-electron chi connectivity index (χ3n) is 4.24. The molecule has 0 spiro atoms. The Balaban J connectivity index is 1.40. The number of fused-ring (bicyclic) bond motifs is 1. The zero-order valence-corrected chi connectivity index (χ0v) is 12.4. The Morgan fingerprint density at radius 3 is 2.86 bits per heavy atom. The first kappa shape index (κ1) is 13.7. The van der Waals surface area contributed by atoms with Gasteiger partial charge in [-0.1, -0.05) is 12.1 Å². The van der Waals surface area contributed by atoms with Crippen LogP contribution in [0.25, 0.3) is 0 Å². The Morgan fingerprint density at radius 2 is 2.05 bits per heavy atom. The fraction of sp³-hybridized carbons (Fsp3) is 0.500. The smallest absolute Gasteiger partial charge is 0.171 e. The number of rotatable bonds is 4. The second kappa shape index (κ2) is 6.06. The van der Waals surface area contributed by atoms with Crippen LogP contribution in [0.15, 0.2) is 24.3 Å². The van der Waals surface area contributed by atoms with Gasteiger partial charge >= 0.3 is 0 Å². The van der Waals surface area contributed by atoms with Gasteiger partial charge in [0.2, 0.25) is 0 Å². The summed E-state index contributed by atoms with van der Waals surface area (Å²) >= 11 is 0. The third-order valence-corrected chi connectivity index (χ3v) is 4.24. The normalized spacial score (nSPS) is 20.8. The van der Waals surface area contributed by atoms with Crippen molar-refractivity contribution in [3.8, 4) is 5.75 Å². The summed E-state index contributed by atoms with van der Waals surface area (Å²) in [4.78, 5) is 0. The van der Waals surface area contributed by atoms with E-state index >= 15 is 0 Å². The maximum absolute atomic E-state index is 5.84. The standard InChI is InChI=1S/C16H19N3O3/c1-3-14(4-2-12(1)13-5-7-20-9-13)22-11-16-18-17-15-10-21-8-6-19(15)16/h1-4,13H,5-11H2. The molecule has 1 aromatic heterocycles. The average Bonchev–Trinajstić information content (AvgIpc) is 3.23. The molecule has 2 aliphatic rings. The second-order valence-corrected chi connectivity index (χ2v) is 5.65. The molecule has 3 heterocycles. The molecule has 6 nitrogen and oxygen atoms in total. The molecule has 4 rings (SSSR count). The van der Waals surface area contributed by atoms with E-state index in [1.54, 1.807) is 0 Å². The van der Waals surface area contributed by atoms with Crippen LogP contribution in [0, 0.1) is 0 Å². The molecule has 1 saturated heterocycles. The Labute approximate surface area is 129 Å². The number of ether oxygens (including phenoxy) is 3. The van der Waals surface area contributed by atoms with Crippen LogP contribution in [0.1, 0.15) is 29.6 Å². The quantitative estimate of drug-likeness (QED) is 0.863. The van der Waals surface area contributed by atoms with E-state index in [-0.39, 0.29) is 0 Å². The first-order chi connectivity index (χ1) is 10.9. The van der Waals surface area contributed by atoms with Crippen molar-refractivity contribution < 1.29 is 14.2 Å². The summed E-state index contributed by atoms with van der Waals surface area (Å²) in [6.07, 6.45) is 1.11. The van der Waals surface area contributed by atoms with E-state index < -0.39 is 0 Å². The number of benzene rings is 1. The molecule has 6 heteroatoms. The van der Waals surface area contributed by atoms with Gasteiger partial charge < -0.3 is 18.8 Å². The number of hydrogen-bond donors (Lipinski definition) is 0. The predicted octanol–water partition coefficient (Wildman–Crippen LogP) is 1.89. The zero-order chi connectivity index (χ0) is 14.8. The summed E-state index contributed by atoms with van der Waals surface area (Å²) in [5.41, 5.74) is 1.32. The molecule has 0 radical (unpaired) electrons. The van der Waals surface area contributed by atoms with Gasteiger partial charge in [0.15, 0.2) is 11.6 Å². The SMILES string of the molecule is c1cc(C2CCOC2)ccc1OCc1nnc2n1CCOC2. The van der Waals surface area contributed by atoms with Crippen LogP contribution < -0.4 is 4.74 Å². The lowest BCUT2D eigenvalue weighted by Crippen LogP contribution is -2.19. The molecule has 1 atom stereocenters. The molecule has 0 saturated carbocycles. The van der Waals surface area contributed by atoms with Gasteiger partial charge in [-0.15, -0.1) is 10.2 Å². The highest BCUT2D eigenvalue weighted by Crippen LogP contribution is 2.26. The van der Waals surface area contributed by atoms with Gasteiger partial charge in [-0.2, -0.15) is 0 Å². The van der Waals surface area contributed by atoms with E-state index in [1.807, 2.05) is 12.1 Å². The second-order valence-electron chi connectivity index (χ2n) is 5.65. The molecule has 0 bridgehead atoms. The summed E-state index contributed by atoms with van der Waals surface area (Å²) in [5, 5.41) is 8.31. The Kier molecular flexibility index (Phi) is 3.78. The minimum Gasteiger partial charge on any atom is -0.486 e. The maximum Gasteiger partial charge on any atom is 0.171 e. The zero-order valence-electron chi connectivity index (χ0n) is 12.4. The first-order valence-corrected chi connectivity index (χ1v) is 7.69. The summed E-state index contributed by atoms with van der Waals surface area (Å²) in [5.74, 6) is 3.11. The van der Waals surface area contributed by atoms with Crippen LogP contribution in [-0.2, 0) is 29.2 Å². The minimum atomic E-state index is 0.429. The van der Waals surface area contributed by atoms with Crippen molar-refractivity contribution in [2.75, 3.05) is 19.8 Å². The average molecular weight is 301 g/mol. The number of hydrogen-bond acceptors (Lipinski definition) is 5. The van der Waals surface area contributed by atoms with Crippen molar-refractivity contribution >= 4 is 0 Å². The van der Waals surface area contributed by atoms with Crippen molar-refractivity contribution in [1.82, 2.24) is 14.8 Å². The topological polar surface area (TPSA) is 58.4 Å². The highest BCUT2D eigenvalue weighted by atomic mass is 16.5. The van der Waals surface area contributed by atoms with Gasteiger partial charge in [0.25, 0.3) is 0 Å². The summed E-state index contributed by atoms with van der Waals surface area (Å²) in [6.45, 7) is 4.15. The lowest BCUT2D eigenvalue weighted by molar-refractivity contribution is 0.0794. The van der Waals surface area contributed by atoms with Crippen LogP contribution in [0.3, 0.4) is 0 Å². The van der Waals surface area contributed by atoms with Gasteiger partial charge in [-0.25, -0.2) is 0 Å². The first-order valence-electron chi connectivity index (χ1n) is 7.69. The van der Waals surface area contributed by atoms with Gasteiger partial charge in [0, 0.05) is 19.1 Å². The summed E-state index contributed by atoms with van der Waals surface area (Å²) < 4.78 is 18.7. The Morgan fingerprint density at radius 1 is 1.14 bits per heavy atom. The van der Waals surface area contributed by atoms with Crippen molar-refractivity contribution in [3.05, 3.63) is 41.5 Å². The van der Waals surface area contributed by atoms with Crippen LogP contribution in [0.2, 0.25) is 0 Å².